The normalized spacial score (nSPS) is 13.0. The number of halogens is 1. The van der Waals surface area contributed by atoms with Crippen LogP contribution in [0.1, 0.15) is 33.6 Å². The second-order valence-electron chi connectivity index (χ2n) is 8.49. The molecule has 0 atom stereocenters. The largest absolute Gasteiger partial charge is 0.503 e. The summed E-state index contributed by atoms with van der Waals surface area (Å²) in [5, 5.41) is 14.4. The number of rotatable bonds is 7. The number of carbonyl (C=O) groups is 2. The van der Waals surface area contributed by atoms with Crippen molar-refractivity contribution in [2.45, 2.75) is 12.8 Å². The molecule has 0 bridgehead atoms. The van der Waals surface area contributed by atoms with Gasteiger partial charge in [-0.25, -0.2) is 0 Å². The van der Waals surface area contributed by atoms with Gasteiger partial charge in [0.15, 0.2) is 17.3 Å². The fraction of sp³-hybridized carbons (Fsp3) is 0.148. The first-order chi connectivity index (χ1) is 16.9. The predicted molar refractivity (Wildman–Crippen MR) is 136 cm³/mol. The highest BCUT2D eigenvalue weighted by Gasteiger charge is 2.32. The van der Waals surface area contributed by atoms with Crippen molar-refractivity contribution in [2.75, 3.05) is 12.4 Å². The quantitative estimate of drug-likeness (QED) is 0.288. The van der Waals surface area contributed by atoms with Crippen LogP contribution >= 0.6 is 11.6 Å². The first-order valence-electron chi connectivity index (χ1n) is 11.1. The van der Waals surface area contributed by atoms with Crippen molar-refractivity contribution in [3.63, 3.8) is 0 Å². The molecule has 0 radical (unpaired) electrons. The van der Waals surface area contributed by atoms with E-state index in [2.05, 4.69) is 10.3 Å². The molecule has 0 spiro atoms. The lowest BCUT2D eigenvalue weighted by Gasteiger charge is -2.16. The van der Waals surface area contributed by atoms with E-state index < -0.39 is 5.91 Å². The molecule has 1 amide bonds. The number of phenols is 1. The number of fused-ring (bicyclic) bond motifs is 1. The Morgan fingerprint density at radius 2 is 1.83 bits per heavy atom. The Kier molecular flexibility index (Phi) is 5.78. The van der Waals surface area contributed by atoms with Gasteiger partial charge < -0.3 is 20.9 Å². The summed E-state index contributed by atoms with van der Waals surface area (Å²) >= 11 is 6.22. The van der Waals surface area contributed by atoms with Crippen LogP contribution in [-0.4, -0.2) is 28.9 Å². The summed E-state index contributed by atoms with van der Waals surface area (Å²) in [5.41, 5.74) is 9.85. The van der Waals surface area contributed by atoms with E-state index in [9.17, 15) is 14.7 Å². The molecule has 1 heterocycles. The number of nitrogens with two attached hydrogens (primary N) is 1. The molecule has 0 aliphatic heterocycles. The minimum absolute atomic E-state index is 0.00962. The third-order valence-electron chi connectivity index (χ3n) is 6.10. The van der Waals surface area contributed by atoms with Crippen molar-refractivity contribution in [1.82, 2.24) is 4.98 Å². The molecule has 1 saturated carbocycles. The molecule has 0 saturated heterocycles. The summed E-state index contributed by atoms with van der Waals surface area (Å²) in [4.78, 5) is 29.1. The average Bonchev–Trinajstić information content (AvgIpc) is 3.71. The van der Waals surface area contributed by atoms with Crippen LogP contribution in [-0.2, 0) is 0 Å². The number of ketones is 1. The number of amides is 1. The van der Waals surface area contributed by atoms with Gasteiger partial charge in [0.1, 0.15) is 0 Å². The standard InChI is InChI=1S/C27H22ClN3O4/c1-35-23-12-17(11-21(28)26(23)33)16-6-9-22-19(10-16)24(20(13-30-22)25(32)14-2-3-14)31-18-7-4-15(5-8-18)27(29)34/h4-14,33H,2-3H2,1H3,(H2,29,34)(H,30,31). The second kappa shape index (κ2) is 8.92. The highest BCUT2D eigenvalue weighted by Crippen LogP contribution is 2.41. The Morgan fingerprint density at radius 1 is 1.09 bits per heavy atom. The number of ether oxygens (including phenoxy) is 1. The number of Topliss-reactive ketones (excluding diaryl/α,β-unsaturated/α-hetero) is 1. The van der Waals surface area contributed by atoms with E-state index in [0.717, 1.165) is 29.4 Å². The second-order valence-corrected chi connectivity index (χ2v) is 8.90. The van der Waals surface area contributed by atoms with Gasteiger partial charge in [-0.1, -0.05) is 17.7 Å². The Morgan fingerprint density at radius 3 is 2.49 bits per heavy atom. The van der Waals surface area contributed by atoms with E-state index in [0.29, 0.717) is 28.0 Å². The summed E-state index contributed by atoms with van der Waals surface area (Å²) in [6.45, 7) is 0. The summed E-state index contributed by atoms with van der Waals surface area (Å²) in [6.07, 6.45) is 3.36. The highest BCUT2D eigenvalue weighted by atomic mass is 35.5. The number of primary amides is 1. The molecule has 7 nitrogen and oxygen atoms in total. The summed E-state index contributed by atoms with van der Waals surface area (Å²) in [6, 6.07) is 15.8. The SMILES string of the molecule is COc1cc(-c2ccc3ncc(C(=O)C4CC4)c(Nc4ccc(C(N)=O)cc4)c3c2)cc(Cl)c1O. The lowest BCUT2D eigenvalue weighted by molar-refractivity contribution is 0.0966. The maximum atomic E-state index is 13.1. The first-order valence-corrected chi connectivity index (χ1v) is 11.4. The minimum Gasteiger partial charge on any atom is -0.503 e. The number of anilines is 2. The molecule has 1 fully saturated rings. The lowest BCUT2D eigenvalue weighted by atomic mass is 9.98. The number of aromatic hydroxyl groups is 1. The van der Waals surface area contributed by atoms with Crippen LogP contribution in [0.2, 0.25) is 5.02 Å². The molecular weight excluding hydrogens is 466 g/mol. The number of methoxy groups -OCH3 is 1. The van der Waals surface area contributed by atoms with Gasteiger partial charge in [0.2, 0.25) is 5.91 Å². The van der Waals surface area contributed by atoms with Crippen molar-refractivity contribution in [3.8, 4) is 22.6 Å². The molecule has 5 rings (SSSR count). The van der Waals surface area contributed by atoms with Crippen molar-refractivity contribution in [2.24, 2.45) is 11.7 Å². The Balaban J connectivity index is 1.66. The smallest absolute Gasteiger partial charge is 0.248 e. The number of hydrogen-bond acceptors (Lipinski definition) is 6. The summed E-state index contributed by atoms with van der Waals surface area (Å²) in [5.74, 6) is -0.315. The number of carbonyl (C=O) groups excluding carboxylic acids is 2. The van der Waals surface area contributed by atoms with Crippen molar-refractivity contribution >= 4 is 45.6 Å². The van der Waals surface area contributed by atoms with Gasteiger partial charge in [0.05, 0.1) is 28.9 Å². The summed E-state index contributed by atoms with van der Waals surface area (Å²) < 4.78 is 5.25. The van der Waals surface area contributed by atoms with Crippen molar-refractivity contribution < 1.29 is 19.4 Å². The van der Waals surface area contributed by atoms with Crippen LogP contribution in [0.25, 0.3) is 22.0 Å². The van der Waals surface area contributed by atoms with Gasteiger partial charge in [-0.15, -0.1) is 0 Å². The van der Waals surface area contributed by atoms with E-state index in [-0.39, 0.29) is 28.2 Å². The number of benzene rings is 3. The van der Waals surface area contributed by atoms with E-state index >= 15 is 0 Å². The molecular formula is C27H22ClN3O4. The van der Waals surface area contributed by atoms with Gasteiger partial charge >= 0.3 is 0 Å². The van der Waals surface area contributed by atoms with E-state index in [1.807, 2.05) is 18.2 Å². The van der Waals surface area contributed by atoms with Crippen LogP contribution in [0.5, 0.6) is 11.5 Å². The van der Waals surface area contributed by atoms with E-state index in [1.54, 1.807) is 42.6 Å². The van der Waals surface area contributed by atoms with Gasteiger partial charge in [-0.3, -0.25) is 14.6 Å². The van der Waals surface area contributed by atoms with E-state index in [1.165, 1.54) is 7.11 Å². The van der Waals surface area contributed by atoms with E-state index in [4.69, 9.17) is 22.1 Å². The molecule has 0 unspecified atom stereocenters. The Labute approximate surface area is 206 Å². The van der Waals surface area contributed by atoms with Crippen LogP contribution in [0, 0.1) is 5.92 Å². The lowest BCUT2D eigenvalue weighted by Crippen LogP contribution is -2.11. The monoisotopic (exact) mass is 487 g/mol. The molecule has 1 aromatic heterocycles. The zero-order valence-electron chi connectivity index (χ0n) is 18.8. The van der Waals surface area contributed by atoms with Crippen LogP contribution < -0.4 is 15.8 Å². The van der Waals surface area contributed by atoms with Crippen molar-refractivity contribution in [1.29, 1.82) is 0 Å². The number of pyridine rings is 1. The number of phenolic OH excluding ortho intramolecular Hbond substituents is 1. The molecule has 1 aliphatic rings. The average molecular weight is 488 g/mol. The number of nitrogens with zero attached hydrogens (tertiary/aromatic N) is 1. The molecule has 1 aliphatic carbocycles. The van der Waals surface area contributed by atoms with Crippen LogP contribution in [0.3, 0.4) is 0 Å². The third-order valence-corrected chi connectivity index (χ3v) is 6.39. The fourth-order valence-electron chi connectivity index (χ4n) is 4.02. The minimum atomic E-state index is -0.511. The molecule has 35 heavy (non-hydrogen) atoms. The van der Waals surface area contributed by atoms with Gasteiger partial charge in [-0.2, -0.15) is 0 Å². The number of nitrogens with one attached hydrogen (secondary N) is 1. The molecule has 4 aromatic rings. The highest BCUT2D eigenvalue weighted by molar-refractivity contribution is 6.32. The predicted octanol–water partition coefficient (Wildman–Crippen LogP) is 5.70. The molecule has 176 valence electrons. The molecule has 8 heteroatoms. The van der Waals surface area contributed by atoms with Gasteiger partial charge in [0.25, 0.3) is 0 Å². The zero-order chi connectivity index (χ0) is 24.7. The topological polar surface area (TPSA) is 115 Å². The zero-order valence-corrected chi connectivity index (χ0v) is 19.6. The van der Waals surface area contributed by atoms with Crippen molar-refractivity contribution in [3.05, 3.63) is 76.9 Å². The third kappa shape index (κ3) is 4.38. The number of hydrogen-bond donors (Lipinski definition) is 3. The Bertz CT molecular complexity index is 1480. The van der Waals surface area contributed by atoms with Gasteiger partial charge in [0, 0.05) is 28.8 Å². The Hall–Kier alpha value is -4.10. The molecule has 3 aromatic carbocycles. The number of aromatic nitrogens is 1. The fourth-order valence-corrected chi connectivity index (χ4v) is 4.23. The van der Waals surface area contributed by atoms with Gasteiger partial charge in [-0.05, 0) is 72.5 Å². The maximum Gasteiger partial charge on any atom is 0.248 e. The first kappa shape index (κ1) is 22.7. The summed E-state index contributed by atoms with van der Waals surface area (Å²) in [7, 11) is 1.46. The molecule has 4 N–H and O–H groups in total. The maximum absolute atomic E-state index is 13.1. The van der Waals surface area contributed by atoms with Crippen LogP contribution in [0.4, 0.5) is 11.4 Å². The van der Waals surface area contributed by atoms with Crippen LogP contribution in [0.15, 0.2) is 60.8 Å².